The van der Waals surface area contributed by atoms with Crippen LogP contribution in [-0.4, -0.2) is 25.7 Å². The van der Waals surface area contributed by atoms with Gasteiger partial charge in [-0.2, -0.15) is 0 Å². The molecule has 0 bridgehead atoms. The van der Waals surface area contributed by atoms with Crippen LogP contribution < -0.4 is 10.6 Å². The van der Waals surface area contributed by atoms with E-state index in [1.807, 2.05) is 32.0 Å². The molecule has 0 saturated carbocycles. The molecule has 0 unspecified atom stereocenters. The van der Waals surface area contributed by atoms with E-state index in [9.17, 15) is 4.79 Å². The average molecular weight is 222 g/mol. The molecule has 0 aliphatic carbocycles. The molecule has 1 aromatic rings. The molecular weight excluding hydrogens is 204 g/mol. The van der Waals surface area contributed by atoms with E-state index in [1.54, 1.807) is 11.0 Å². The lowest BCUT2D eigenvalue weighted by Crippen LogP contribution is -2.34. The molecule has 1 aromatic carbocycles. The summed E-state index contributed by atoms with van der Waals surface area (Å²) in [5.74, 6) is -0.0674. The van der Waals surface area contributed by atoms with E-state index in [0.29, 0.717) is 18.8 Å². The second-order valence-corrected chi connectivity index (χ2v) is 3.33. The topological polar surface area (TPSA) is 55.6 Å². The molecule has 0 atom stereocenters. The Kier molecular flexibility index (Phi) is 4.79. The number of likely N-dealkylation sites (N-methyl/N-ethyl adjacent to an activating group) is 1. The van der Waals surface area contributed by atoms with Crippen molar-refractivity contribution in [1.82, 2.24) is 0 Å². The van der Waals surface area contributed by atoms with Crippen molar-refractivity contribution in [3.63, 3.8) is 0 Å². The predicted molar refractivity (Wildman–Crippen MR) is 65.4 cm³/mol. The van der Waals surface area contributed by atoms with Gasteiger partial charge in [0.2, 0.25) is 0 Å². The summed E-state index contributed by atoms with van der Waals surface area (Å²) in [6, 6.07) is 7.33. The SMILES string of the molecule is CCOCC(=O)N(CC)c1ccccc1N. The number of nitrogens with zero attached hydrogens (tertiary/aromatic N) is 1. The van der Waals surface area contributed by atoms with Gasteiger partial charge in [-0.25, -0.2) is 0 Å². The van der Waals surface area contributed by atoms with E-state index in [4.69, 9.17) is 10.5 Å². The number of nitrogen functional groups attached to an aromatic ring is 1. The largest absolute Gasteiger partial charge is 0.397 e. The molecule has 0 heterocycles. The number of hydrogen-bond donors (Lipinski definition) is 1. The van der Waals surface area contributed by atoms with Crippen LogP contribution in [0.15, 0.2) is 24.3 Å². The third-order valence-corrected chi connectivity index (χ3v) is 2.27. The second-order valence-electron chi connectivity index (χ2n) is 3.33. The first-order chi connectivity index (χ1) is 7.70. The molecule has 16 heavy (non-hydrogen) atoms. The minimum absolute atomic E-state index is 0.0674. The van der Waals surface area contributed by atoms with Crippen molar-refractivity contribution in [2.75, 3.05) is 30.4 Å². The lowest BCUT2D eigenvalue weighted by Gasteiger charge is -2.22. The van der Waals surface area contributed by atoms with Gasteiger partial charge in [-0.1, -0.05) is 12.1 Å². The van der Waals surface area contributed by atoms with Crippen LogP contribution in [0.4, 0.5) is 11.4 Å². The number of hydrogen-bond acceptors (Lipinski definition) is 3. The summed E-state index contributed by atoms with van der Waals surface area (Å²) in [6.07, 6.45) is 0. The third kappa shape index (κ3) is 2.97. The van der Waals surface area contributed by atoms with E-state index in [-0.39, 0.29) is 12.5 Å². The van der Waals surface area contributed by atoms with Crippen LogP contribution in [0.5, 0.6) is 0 Å². The van der Waals surface area contributed by atoms with Crippen LogP contribution in [0, 0.1) is 0 Å². The van der Waals surface area contributed by atoms with Crippen molar-refractivity contribution in [2.45, 2.75) is 13.8 Å². The summed E-state index contributed by atoms with van der Waals surface area (Å²) >= 11 is 0. The molecule has 0 saturated heterocycles. The first-order valence-electron chi connectivity index (χ1n) is 5.43. The summed E-state index contributed by atoms with van der Waals surface area (Å²) in [4.78, 5) is 13.5. The Morgan fingerprint density at radius 1 is 1.38 bits per heavy atom. The summed E-state index contributed by atoms with van der Waals surface area (Å²) in [7, 11) is 0. The highest BCUT2D eigenvalue weighted by molar-refractivity contribution is 5.97. The first-order valence-corrected chi connectivity index (χ1v) is 5.43. The van der Waals surface area contributed by atoms with Gasteiger partial charge >= 0.3 is 0 Å². The minimum atomic E-state index is -0.0674. The van der Waals surface area contributed by atoms with Gasteiger partial charge in [-0.3, -0.25) is 4.79 Å². The standard InChI is InChI=1S/C12H18N2O2/c1-3-14(12(15)9-16-4-2)11-8-6-5-7-10(11)13/h5-8H,3-4,9,13H2,1-2H3. The molecule has 1 amide bonds. The average Bonchev–Trinajstić information content (AvgIpc) is 2.30. The van der Waals surface area contributed by atoms with Crippen molar-refractivity contribution < 1.29 is 9.53 Å². The van der Waals surface area contributed by atoms with Gasteiger partial charge in [0.05, 0.1) is 11.4 Å². The first kappa shape index (κ1) is 12.5. The number of rotatable bonds is 5. The second kappa shape index (κ2) is 6.12. The van der Waals surface area contributed by atoms with Gasteiger partial charge in [-0.05, 0) is 26.0 Å². The number of nitrogens with two attached hydrogens (primary N) is 1. The maximum absolute atomic E-state index is 11.8. The number of amides is 1. The van der Waals surface area contributed by atoms with Crippen LogP contribution in [-0.2, 0) is 9.53 Å². The van der Waals surface area contributed by atoms with E-state index in [0.717, 1.165) is 5.69 Å². The summed E-state index contributed by atoms with van der Waals surface area (Å²) in [5.41, 5.74) is 7.18. The lowest BCUT2D eigenvalue weighted by atomic mass is 10.2. The van der Waals surface area contributed by atoms with Crippen LogP contribution in [0.25, 0.3) is 0 Å². The number of carbonyl (C=O) groups is 1. The van der Waals surface area contributed by atoms with Crippen LogP contribution >= 0.6 is 0 Å². The van der Waals surface area contributed by atoms with Crippen LogP contribution in [0.3, 0.4) is 0 Å². The molecule has 0 aliphatic heterocycles. The Hall–Kier alpha value is -1.55. The monoisotopic (exact) mass is 222 g/mol. The smallest absolute Gasteiger partial charge is 0.253 e. The highest BCUT2D eigenvalue weighted by atomic mass is 16.5. The van der Waals surface area contributed by atoms with E-state index < -0.39 is 0 Å². The highest BCUT2D eigenvalue weighted by Gasteiger charge is 2.15. The maximum atomic E-state index is 11.8. The number of benzene rings is 1. The molecule has 4 nitrogen and oxygen atoms in total. The number of para-hydroxylation sites is 2. The molecule has 0 aromatic heterocycles. The van der Waals surface area contributed by atoms with Gasteiger partial charge in [0.15, 0.2) is 0 Å². The number of anilines is 2. The molecule has 0 aliphatic rings. The zero-order valence-corrected chi connectivity index (χ0v) is 9.77. The number of ether oxygens (including phenoxy) is 1. The Balaban J connectivity index is 2.82. The number of carbonyl (C=O) groups excluding carboxylic acids is 1. The molecule has 88 valence electrons. The predicted octanol–water partition coefficient (Wildman–Crippen LogP) is 1.66. The van der Waals surface area contributed by atoms with Gasteiger partial charge in [0.25, 0.3) is 5.91 Å². The van der Waals surface area contributed by atoms with Gasteiger partial charge in [0.1, 0.15) is 6.61 Å². The van der Waals surface area contributed by atoms with Crippen molar-refractivity contribution >= 4 is 17.3 Å². The van der Waals surface area contributed by atoms with Crippen molar-refractivity contribution in [3.8, 4) is 0 Å². The van der Waals surface area contributed by atoms with Gasteiger partial charge in [-0.15, -0.1) is 0 Å². The van der Waals surface area contributed by atoms with Gasteiger partial charge < -0.3 is 15.4 Å². The third-order valence-electron chi connectivity index (χ3n) is 2.27. The molecule has 0 spiro atoms. The Morgan fingerprint density at radius 2 is 2.06 bits per heavy atom. The lowest BCUT2D eigenvalue weighted by molar-refractivity contribution is -0.122. The Labute approximate surface area is 96.0 Å². The molecule has 0 radical (unpaired) electrons. The minimum Gasteiger partial charge on any atom is -0.397 e. The maximum Gasteiger partial charge on any atom is 0.253 e. The van der Waals surface area contributed by atoms with Crippen molar-refractivity contribution in [3.05, 3.63) is 24.3 Å². The van der Waals surface area contributed by atoms with E-state index >= 15 is 0 Å². The molecule has 4 heteroatoms. The Morgan fingerprint density at radius 3 is 2.62 bits per heavy atom. The quantitative estimate of drug-likeness (QED) is 0.771. The van der Waals surface area contributed by atoms with Crippen LogP contribution in [0.1, 0.15) is 13.8 Å². The van der Waals surface area contributed by atoms with Gasteiger partial charge in [0, 0.05) is 13.2 Å². The van der Waals surface area contributed by atoms with E-state index in [1.165, 1.54) is 0 Å². The zero-order valence-electron chi connectivity index (χ0n) is 9.77. The zero-order chi connectivity index (χ0) is 12.0. The normalized spacial score (nSPS) is 10.1. The Bertz CT molecular complexity index is 353. The fourth-order valence-electron chi connectivity index (χ4n) is 1.48. The molecule has 0 fully saturated rings. The fraction of sp³-hybridized carbons (Fsp3) is 0.417. The highest BCUT2D eigenvalue weighted by Crippen LogP contribution is 2.22. The molecule has 1 rings (SSSR count). The summed E-state index contributed by atoms with van der Waals surface area (Å²) < 4.78 is 5.11. The van der Waals surface area contributed by atoms with Crippen LogP contribution in [0.2, 0.25) is 0 Å². The molecular formula is C12H18N2O2. The molecule has 2 N–H and O–H groups in total. The summed E-state index contributed by atoms with van der Waals surface area (Å²) in [5, 5.41) is 0. The van der Waals surface area contributed by atoms with E-state index in [2.05, 4.69) is 0 Å². The summed E-state index contributed by atoms with van der Waals surface area (Å²) in [6.45, 7) is 4.99. The fourth-order valence-corrected chi connectivity index (χ4v) is 1.48. The van der Waals surface area contributed by atoms with Crippen molar-refractivity contribution in [2.24, 2.45) is 0 Å². The van der Waals surface area contributed by atoms with Crippen molar-refractivity contribution in [1.29, 1.82) is 0 Å².